The normalized spacial score (nSPS) is 14.4. The molecule has 4 aromatic rings. The molecule has 0 amide bonds. The Bertz CT molecular complexity index is 1560. The van der Waals surface area contributed by atoms with E-state index in [1.807, 2.05) is 24.3 Å². The highest BCUT2D eigenvalue weighted by atomic mass is 35.5. The third-order valence-corrected chi connectivity index (χ3v) is 6.95. The second-order valence-corrected chi connectivity index (χ2v) is 9.23. The fourth-order valence-electron chi connectivity index (χ4n) is 4.10. The first-order chi connectivity index (χ1) is 17.9. The molecule has 0 saturated carbocycles. The number of carbonyl (C=O) groups is 1. The molecule has 1 atom stereocenters. The monoisotopic (exact) mass is 534 g/mol. The molecule has 0 spiro atoms. The van der Waals surface area contributed by atoms with Gasteiger partial charge in [-0.3, -0.25) is 5.10 Å². The molecule has 5 rings (SSSR count). The molecule has 0 bridgehead atoms. The van der Waals surface area contributed by atoms with Crippen LogP contribution < -0.4 is 24.7 Å². The van der Waals surface area contributed by atoms with Gasteiger partial charge in [-0.25, -0.2) is 4.79 Å². The van der Waals surface area contributed by atoms with Crippen molar-refractivity contribution in [3.8, 4) is 40.5 Å². The van der Waals surface area contributed by atoms with E-state index in [1.54, 1.807) is 36.8 Å². The second kappa shape index (κ2) is 9.89. The molecule has 0 fully saturated rings. The number of allylic oxidation sites excluding steroid dienone is 1. The Hall–Kier alpha value is -4.46. The Kier molecular flexibility index (Phi) is 6.48. The predicted octanol–water partition coefficient (Wildman–Crippen LogP) is 5.25. The van der Waals surface area contributed by atoms with Crippen molar-refractivity contribution < 1.29 is 23.7 Å². The van der Waals surface area contributed by atoms with Gasteiger partial charge in [-0.2, -0.15) is 5.26 Å². The maximum Gasteiger partial charge on any atom is 0.353 e. The summed E-state index contributed by atoms with van der Waals surface area (Å²) in [5.74, 6) is -0.127. The fraction of sp³-hybridized carbons (Fsp3) is 0.115. The lowest BCUT2D eigenvalue weighted by Crippen LogP contribution is -2.21. The van der Waals surface area contributed by atoms with Crippen molar-refractivity contribution in [2.45, 2.75) is 5.92 Å². The number of halogens is 1. The van der Waals surface area contributed by atoms with Crippen LogP contribution in [0.2, 0.25) is 5.02 Å². The summed E-state index contributed by atoms with van der Waals surface area (Å²) in [5, 5.41) is 19.2. The fourth-order valence-corrected chi connectivity index (χ4v) is 4.96. The van der Waals surface area contributed by atoms with Crippen LogP contribution in [0.4, 0.5) is 0 Å². The first-order valence-electron chi connectivity index (χ1n) is 10.9. The number of hydrogen-bond acceptors (Lipinski definition) is 9. The van der Waals surface area contributed by atoms with Crippen LogP contribution in [0, 0.1) is 11.3 Å². The van der Waals surface area contributed by atoms with E-state index in [1.165, 1.54) is 18.4 Å². The number of aromatic amines is 1. The van der Waals surface area contributed by atoms with Crippen molar-refractivity contribution in [1.82, 2.24) is 10.2 Å². The van der Waals surface area contributed by atoms with Crippen LogP contribution in [0.3, 0.4) is 0 Å². The third kappa shape index (κ3) is 4.35. The van der Waals surface area contributed by atoms with Gasteiger partial charge in [-0.05, 0) is 53.4 Å². The smallest absolute Gasteiger partial charge is 0.353 e. The van der Waals surface area contributed by atoms with Gasteiger partial charge in [0.15, 0.2) is 11.5 Å². The number of fused-ring (bicyclic) bond motifs is 1. The van der Waals surface area contributed by atoms with Crippen molar-refractivity contribution in [3.05, 3.63) is 86.4 Å². The summed E-state index contributed by atoms with van der Waals surface area (Å²) >= 11 is 7.85. The predicted molar refractivity (Wildman–Crippen MR) is 137 cm³/mol. The maximum atomic E-state index is 12.6. The van der Waals surface area contributed by atoms with Gasteiger partial charge < -0.3 is 24.7 Å². The molecule has 3 N–H and O–H groups in total. The van der Waals surface area contributed by atoms with E-state index < -0.39 is 11.9 Å². The second-order valence-electron chi connectivity index (χ2n) is 7.87. The van der Waals surface area contributed by atoms with Crippen molar-refractivity contribution in [1.29, 1.82) is 5.26 Å². The number of esters is 1. The van der Waals surface area contributed by atoms with E-state index in [-0.39, 0.29) is 33.9 Å². The number of thiophene rings is 1. The number of rotatable bonds is 6. The third-order valence-electron chi connectivity index (χ3n) is 5.82. The number of H-pyrrole nitrogens is 1. The quantitative estimate of drug-likeness (QED) is 0.253. The molecule has 186 valence electrons. The molecular formula is C26H19ClN4O5S. The Labute approximate surface area is 220 Å². The molecular weight excluding hydrogens is 516 g/mol. The van der Waals surface area contributed by atoms with E-state index in [9.17, 15) is 10.1 Å². The summed E-state index contributed by atoms with van der Waals surface area (Å²) < 4.78 is 22.0. The lowest BCUT2D eigenvalue weighted by atomic mass is 9.83. The Morgan fingerprint density at radius 2 is 2.00 bits per heavy atom. The molecule has 3 heterocycles. The highest BCUT2D eigenvalue weighted by Gasteiger charge is 2.36. The largest absolute Gasteiger partial charge is 0.497 e. The van der Waals surface area contributed by atoms with Gasteiger partial charge in [0.1, 0.15) is 22.3 Å². The highest BCUT2D eigenvalue weighted by molar-refractivity contribution is 7.12. The zero-order valence-electron chi connectivity index (χ0n) is 19.6. The minimum absolute atomic E-state index is 0.0663. The summed E-state index contributed by atoms with van der Waals surface area (Å²) in [6.07, 6.45) is 0. The molecule has 0 aliphatic carbocycles. The van der Waals surface area contributed by atoms with Crippen molar-refractivity contribution in [2.24, 2.45) is 5.73 Å². The van der Waals surface area contributed by atoms with Crippen molar-refractivity contribution >= 4 is 28.9 Å². The molecule has 1 aliphatic heterocycles. The number of hydrogen-bond donors (Lipinski definition) is 2. The average molecular weight is 535 g/mol. The molecule has 9 nitrogen and oxygen atoms in total. The van der Waals surface area contributed by atoms with E-state index in [2.05, 4.69) is 16.3 Å². The van der Waals surface area contributed by atoms with Crippen LogP contribution in [0.25, 0.3) is 11.3 Å². The average Bonchev–Trinajstić information content (AvgIpc) is 3.59. The Morgan fingerprint density at radius 1 is 1.22 bits per heavy atom. The van der Waals surface area contributed by atoms with Crippen LogP contribution in [-0.2, 0) is 0 Å². The van der Waals surface area contributed by atoms with Crippen LogP contribution in [0.5, 0.6) is 23.1 Å². The number of carbonyl (C=O) groups excluding carboxylic acids is 1. The first kappa shape index (κ1) is 24.2. The standard InChI is InChI=1S/C26H19ClN4O5S/c1-33-15-7-5-13(6-8-15)22-21-20(16(12-28)24(29)36-25(21)31-30-22)14-10-17(27)23(18(11-14)34-2)35-26(32)19-4-3-9-37-19/h3-11,20H,29H2,1-2H3,(H,30,31)/t20-/m0/s1. The Morgan fingerprint density at radius 3 is 2.65 bits per heavy atom. The number of benzene rings is 2. The van der Waals surface area contributed by atoms with Gasteiger partial charge in [0.25, 0.3) is 0 Å². The minimum atomic E-state index is -0.696. The molecule has 2 aromatic carbocycles. The van der Waals surface area contributed by atoms with Gasteiger partial charge in [-0.1, -0.05) is 17.7 Å². The van der Waals surface area contributed by atoms with Gasteiger partial charge in [0.2, 0.25) is 11.8 Å². The van der Waals surface area contributed by atoms with Gasteiger partial charge >= 0.3 is 5.97 Å². The lowest BCUT2D eigenvalue weighted by molar-refractivity contribution is 0.0735. The molecule has 11 heteroatoms. The molecule has 0 unspecified atom stereocenters. The van der Waals surface area contributed by atoms with E-state index in [0.717, 1.165) is 5.56 Å². The lowest BCUT2D eigenvalue weighted by Gasteiger charge is -2.25. The van der Waals surface area contributed by atoms with Crippen LogP contribution >= 0.6 is 22.9 Å². The molecule has 1 aliphatic rings. The van der Waals surface area contributed by atoms with E-state index >= 15 is 0 Å². The van der Waals surface area contributed by atoms with E-state index in [4.69, 9.17) is 36.3 Å². The Balaban J connectivity index is 1.62. The zero-order valence-corrected chi connectivity index (χ0v) is 21.1. The molecule has 0 saturated heterocycles. The van der Waals surface area contributed by atoms with Crippen LogP contribution in [0.1, 0.15) is 26.7 Å². The van der Waals surface area contributed by atoms with Gasteiger partial charge in [0, 0.05) is 5.56 Å². The molecule has 2 aromatic heterocycles. The highest BCUT2D eigenvalue weighted by Crippen LogP contribution is 2.48. The summed E-state index contributed by atoms with van der Waals surface area (Å²) in [6, 6.07) is 16.2. The number of nitriles is 1. The number of nitrogens with one attached hydrogen (secondary N) is 1. The van der Waals surface area contributed by atoms with Crippen molar-refractivity contribution in [3.63, 3.8) is 0 Å². The zero-order chi connectivity index (χ0) is 26.1. The van der Waals surface area contributed by atoms with E-state index in [0.29, 0.717) is 27.4 Å². The van der Waals surface area contributed by atoms with Crippen LogP contribution in [0.15, 0.2) is 65.4 Å². The maximum absolute atomic E-state index is 12.6. The summed E-state index contributed by atoms with van der Waals surface area (Å²) in [4.78, 5) is 13.0. The van der Waals surface area contributed by atoms with Crippen molar-refractivity contribution in [2.75, 3.05) is 14.2 Å². The van der Waals surface area contributed by atoms with Crippen LogP contribution in [-0.4, -0.2) is 30.4 Å². The number of nitrogens with zero attached hydrogens (tertiary/aromatic N) is 2. The molecule has 0 radical (unpaired) electrons. The minimum Gasteiger partial charge on any atom is -0.497 e. The van der Waals surface area contributed by atoms with Gasteiger partial charge in [0.05, 0.1) is 36.4 Å². The first-order valence-corrected chi connectivity index (χ1v) is 12.1. The number of ether oxygens (including phenoxy) is 4. The van der Waals surface area contributed by atoms with Gasteiger partial charge in [-0.15, -0.1) is 16.4 Å². The SMILES string of the molecule is COc1ccc(-c2[nH]nc3c2[C@@H](c2cc(Cl)c(OC(=O)c4cccs4)c(OC)c2)C(C#N)=C(N)O3)cc1. The number of nitrogens with two attached hydrogens (primary N) is 1. The molecule has 37 heavy (non-hydrogen) atoms. The number of aromatic nitrogens is 2. The summed E-state index contributed by atoms with van der Waals surface area (Å²) in [6.45, 7) is 0. The number of methoxy groups -OCH3 is 2. The summed E-state index contributed by atoms with van der Waals surface area (Å²) in [5.41, 5.74) is 8.87. The summed E-state index contributed by atoms with van der Waals surface area (Å²) in [7, 11) is 3.02. The topological polar surface area (TPSA) is 132 Å².